The van der Waals surface area contributed by atoms with Gasteiger partial charge in [0, 0.05) is 37.0 Å². The van der Waals surface area contributed by atoms with Crippen molar-refractivity contribution in [2.45, 2.75) is 37.9 Å². The molecule has 5 aromatic rings. The number of amides is 1. The van der Waals surface area contributed by atoms with E-state index in [0.29, 0.717) is 44.0 Å². The van der Waals surface area contributed by atoms with Crippen LogP contribution in [0.25, 0.3) is 0 Å². The SMILES string of the molecule is O=C(Cc1cccc(OCCCN(Cc2cccc(C(F)(F)F)c2Cl)CC(c2ccccc2)c2ccccc2)c1)NCCc1cccs1. The molecule has 0 saturated carbocycles. The molecule has 0 fully saturated rings. The summed E-state index contributed by atoms with van der Waals surface area (Å²) in [6, 6.07) is 35.9. The summed E-state index contributed by atoms with van der Waals surface area (Å²) >= 11 is 8.03. The maximum absolute atomic E-state index is 13.7. The minimum absolute atomic E-state index is 0.00830. The Morgan fingerprint density at radius 3 is 2.25 bits per heavy atom. The van der Waals surface area contributed by atoms with E-state index in [2.05, 4.69) is 40.5 Å². The standard InChI is InChI=1S/C39H38ClF3N2O2S/c40-38-32(16-8-19-36(38)39(41,42)43)27-45(28-35(30-12-3-1-4-13-30)31-14-5-2-6-15-31)22-10-23-47-33-17-7-11-29(25-33)26-37(46)44-21-20-34-18-9-24-48-34/h1-9,11-19,24-25,35H,10,20-23,26-28H2,(H,44,46). The first kappa shape index (κ1) is 35.2. The lowest BCUT2D eigenvalue weighted by Crippen LogP contribution is -2.31. The highest BCUT2D eigenvalue weighted by molar-refractivity contribution is 7.09. The fraction of sp³-hybridized carbons (Fsp3) is 0.256. The van der Waals surface area contributed by atoms with E-state index in [1.807, 2.05) is 72.1 Å². The number of hydrogen-bond donors (Lipinski definition) is 1. The number of carbonyl (C=O) groups is 1. The van der Waals surface area contributed by atoms with Crippen molar-refractivity contribution in [1.82, 2.24) is 10.2 Å². The van der Waals surface area contributed by atoms with Crippen molar-refractivity contribution >= 4 is 28.8 Å². The molecule has 0 aliphatic rings. The molecule has 4 nitrogen and oxygen atoms in total. The molecule has 1 N–H and O–H groups in total. The number of alkyl halides is 3. The monoisotopic (exact) mass is 690 g/mol. The summed E-state index contributed by atoms with van der Waals surface area (Å²) in [7, 11) is 0. The number of thiophene rings is 1. The van der Waals surface area contributed by atoms with Crippen molar-refractivity contribution in [2.24, 2.45) is 0 Å². The maximum Gasteiger partial charge on any atom is 0.417 e. The van der Waals surface area contributed by atoms with Crippen LogP contribution in [0.5, 0.6) is 5.75 Å². The molecule has 5 rings (SSSR count). The van der Waals surface area contributed by atoms with Crippen LogP contribution in [0.15, 0.2) is 121 Å². The Hall–Kier alpha value is -4.11. The molecule has 1 heterocycles. The van der Waals surface area contributed by atoms with E-state index in [4.69, 9.17) is 16.3 Å². The third-order valence-electron chi connectivity index (χ3n) is 8.05. The normalized spacial score (nSPS) is 11.6. The van der Waals surface area contributed by atoms with Gasteiger partial charge in [0.25, 0.3) is 0 Å². The van der Waals surface area contributed by atoms with Crippen LogP contribution in [0.2, 0.25) is 5.02 Å². The molecule has 0 atom stereocenters. The van der Waals surface area contributed by atoms with Gasteiger partial charge in [-0.15, -0.1) is 11.3 Å². The molecule has 0 unspecified atom stereocenters. The first-order valence-corrected chi connectivity index (χ1v) is 17.2. The fourth-order valence-corrected chi connectivity index (χ4v) is 6.68. The van der Waals surface area contributed by atoms with E-state index in [9.17, 15) is 18.0 Å². The lowest BCUT2D eigenvalue weighted by Gasteiger charge is -2.29. The lowest BCUT2D eigenvalue weighted by atomic mass is 9.90. The van der Waals surface area contributed by atoms with E-state index in [1.54, 1.807) is 17.4 Å². The van der Waals surface area contributed by atoms with E-state index in [1.165, 1.54) is 10.9 Å². The van der Waals surface area contributed by atoms with Crippen LogP contribution in [0.1, 0.15) is 45.0 Å². The number of rotatable bonds is 16. The van der Waals surface area contributed by atoms with Gasteiger partial charge in [-0.3, -0.25) is 9.69 Å². The van der Waals surface area contributed by atoms with Crippen LogP contribution in [-0.4, -0.2) is 37.0 Å². The first-order valence-electron chi connectivity index (χ1n) is 15.9. The molecule has 0 spiro atoms. The third kappa shape index (κ3) is 10.4. The van der Waals surface area contributed by atoms with Crippen molar-refractivity contribution in [3.05, 3.63) is 158 Å². The smallest absolute Gasteiger partial charge is 0.417 e. The number of nitrogens with one attached hydrogen (secondary N) is 1. The minimum atomic E-state index is -4.54. The predicted molar refractivity (Wildman–Crippen MR) is 188 cm³/mol. The summed E-state index contributed by atoms with van der Waals surface area (Å²) in [6.45, 7) is 2.36. The van der Waals surface area contributed by atoms with Crippen molar-refractivity contribution in [3.8, 4) is 5.75 Å². The first-order chi connectivity index (χ1) is 23.3. The lowest BCUT2D eigenvalue weighted by molar-refractivity contribution is -0.137. The van der Waals surface area contributed by atoms with Gasteiger partial charge in [0.15, 0.2) is 0 Å². The van der Waals surface area contributed by atoms with Gasteiger partial charge in [-0.25, -0.2) is 0 Å². The Labute approximate surface area is 289 Å². The fourth-order valence-electron chi connectivity index (χ4n) is 5.68. The molecule has 4 aromatic carbocycles. The van der Waals surface area contributed by atoms with Crippen molar-refractivity contribution in [2.75, 3.05) is 26.2 Å². The zero-order valence-electron chi connectivity index (χ0n) is 26.5. The number of nitrogens with zero attached hydrogens (tertiary/aromatic N) is 1. The van der Waals surface area contributed by atoms with E-state index < -0.39 is 11.7 Å². The number of carbonyl (C=O) groups excluding carboxylic acids is 1. The molecule has 9 heteroatoms. The minimum Gasteiger partial charge on any atom is -0.494 e. The average molecular weight is 691 g/mol. The van der Waals surface area contributed by atoms with E-state index in [-0.39, 0.29) is 29.8 Å². The number of ether oxygens (including phenoxy) is 1. The van der Waals surface area contributed by atoms with Crippen LogP contribution >= 0.6 is 22.9 Å². The molecule has 0 radical (unpaired) electrons. The van der Waals surface area contributed by atoms with Crippen LogP contribution in [-0.2, 0) is 30.4 Å². The number of halogens is 4. The Balaban J connectivity index is 1.24. The molecule has 0 saturated heterocycles. The second-order valence-corrected chi connectivity index (χ2v) is 13.0. The van der Waals surface area contributed by atoms with Crippen molar-refractivity contribution in [1.29, 1.82) is 0 Å². The summed E-state index contributed by atoms with van der Waals surface area (Å²) in [5.41, 5.74) is 2.69. The van der Waals surface area contributed by atoms with Crippen LogP contribution < -0.4 is 10.1 Å². The third-order valence-corrected chi connectivity index (χ3v) is 9.43. The summed E-state index contributed by atoms with van der Waals surface area (Å²) in [4.78, 5) is 15.9. The molecule has 250 valence electrons. The second-order valence-electron chi connectivity index (χ2n) is 11.6. The second kappa shape index (κ2) is 17.3. The van der Waals surface area contributed by atoms with Gasteiger partial charge in [-0.1, -0.05) is 103 Å². The number of hydrogen-bond acceptors (Lipinski definition) is 4. The number of benzene rings is 4. The highest BCUT2D eigenvalue weighted by Gasteiger charge is 2.34. The predicted octanol–water partition coefficient (Wildman–Crippen LogP) is 9.42. The summed E-state index contributed by atoms with van der Waals surface area (Å²) in [5.74, 6) is 0.614. The Morgan fingerprint density at radius 2 is 1.58 bits per heavy atom. The highest BCUT2D eigenvalue weighted by atomic mass is 35.5. The van der Waals surface area contributed by atoms with Gasteiger partial charge in [0.2, 0.25) is 5.91 Å². The molecule has 1 amide bonds. The Bertz CT molecular complexity index is 1680. The van der Waals surface area contributed by atoms with Crippen LogP contribution in [0, 0.1) is 0 Å². The topological polar surface area (TPSA) is 41.6 Å². The van der Waals surface area contributed by atoms with Gasteiger partial charge in [-0.2, -0.15) is 13.2 Å². The molecule has 1 aromatic heterocycles. The Morgan fingerprint density at radius 1 is 0.875 bits per heavy atom. The van der Waals surface area contributed by atoms with Gasteiger partial charge in [0.1, 0.15) is 5.75 Å². The highest BCUT2D eigenvalue weighted by Crippen LogP contribution is 2.37. The summed E-state index contributed by atoms with van der Waals surface area (Å²) in [5, 5.41) is 4.74. The Kier molecular flexibility index (Phi) is 12.7. The molecule has 0 bridgehead atoms. The molecule has 48 heavy (non-hydrogen) atoms. The van der Waals surface area contributed by atoms with Crippen molar-refractivity contribution < 1.29 is 22.7 Å². The molecular formula is C39H38ClF3N2O2S. The zero-order chi connectivity index (χ0) is 33.8. The van der Waals surface area contributed by atoms with Gasteiger partial charge in [-0.05, 0) is 64.7 Å². The average Bonchev–Trinajstić information content (AvgIpc) is 3.60. The van der Waals surface area contributed by atoms with Crippen molar-refractivity contribution in [3.63, 3.8) is 0 Å². The molecule has 0 aliphatic carbocycles. The van der Waals surface area contributed by atoms with Gasteiger partial charge >= 0.3 is 6.18 Å². The quantitative estimate of drug-likeness (QED) is 0.105. The largest absolute Gasteiger partial charge is 0.494 e. The zero-order valence-corrected chi connectivity index (χ0v) is 28.0. The van der Waals surface area contributed by atoms with E-state index in [0.717, 1.165) is 29.2 Å². The molecule has 0 aliphatic heterocycles. The van der Waals surface area contributed by atoms with Crippen LogP contribution in [0.3, 0.4) is 0 Å². The van der Waals surface area contributed by atoms with Crippen LogP contribution in [0.4, 0.5) is 13.2 Å². The maximum atomic E-state index is 13.7. The summed E-state index contributed by atoms with van der Waals surface area (Å²) in [6.07, 6.45) is -2.85. The summed E-state index contributed by atoms with van der Waals surface area (Å²) < 4.78 is 47.2. The van der Waals surface area contributed by atoms with E-state index >= 15 is 0 Å². The van der Waals surface area contributed by atoms with Gasteiger partial charge < -0.3 is 10.1 Å². The van der Waals surface area contributed by atoms with Gasteiger partial charge in [0.05, 0.1) is 23.6 Å². The molecular weight excluding hydrogens is 653 g/mol.